The number of hydrogen-bond donors (Lipinski definition) is 1. The summed E-state index contributed by atoms with van der Waals surface area (Å²) in [5, 5.41) is 23.0. The molecular weight excluding hydrogens is 341 g/mol. The molecule has 4 aromatic rings. The quantitative estimate of drug-likeness (QED) is 0.549. The fourth-order valence-electron chi connectivity index (χ4n) is 2.35. The van der Waals surface area contributed by atoms with Crippen molar-refractivity contribution < 1.29 is 14.3 Å². The summed E-state index contributed by atoms with van der Waals surface area (Å²) >= 11 is 5.94. The van der Waals surface area contributed by atoms with E-state index in [-0.39, 0.29) is 17.3 Å². The first kappa shape index (κ1) is 14.3. The molecule has 9 nitrogen and oxygen atoms in total. The molecule has 0 radical (unpaired) electrons. The van der Waals surface area contributed by atoms with Crippen LogP contribution in [0.3, 0.4) is 0 Å². The van der Waals surface area contributed by atoms with Gasteiger partial charge in [0.2, 0.25) is 0 Å². The second kappa shape index (κ2) is 4.86. The standard InChI is InChI=1S/C13H7ClFN7O2/c14-5-1-2-7-8(3-5)22(20-18-7)11-6(15)4-21-12(17-11)9(13(23)24)10(16)19-21/h1-4H,(H2,16,19)(H,23,24)/p-1. The van der Waals surface area contributed by atoms with E-state index < -0.39 is 17.3 Å². The maximum atomic E-state index is 14.4. The highest BCUT2D eigenvalue weighted by Crippen LogP contribution is 2.23. The Morgan fingerprint density at radius 1 is 1.38 bits per heavy atom. The van der Waals surface area contributed by atoms with Crippen molar-refractivity contribution in [1.82, 2.24) is 29.6 Å². The third-order valence-electron chi connectivity index (χ3n) is 3.39. The summed E-state index contributed by atoms with van der Waals surface area (Å²) in [4.78, 5) is 15.2. The summed E-state index contributed by atoms with van der Waals surface area (Å²) in [5.41, 5.74) is 5.78. The molecule has 0 aliphatic carbocycles. The first-order valence-corrected chi connectivity index (χ1v) is 6.90. The summed E-state index contributed by atoms with van der Waals surface area (Å²) < 4.78 is 16.4. The van der Waals surface area contributed by atoms with Crippen molar-refractivity contribution >= 4 is 40.1 Å². The monoisotopic (exact) mass is 346 g/mol. The van der Waals surface area contributed by atoms with Crippen LogP contribution >= 0.6 is 11.6 Å². The average Bonchev–Trinajstić information content (AvgIpc) is 3.05. The number of nitrogens with two attached hydrogens (primary N) is 1. The van der Waals surface area contributed by atoms with Crippen molar-refractivity contribution in [2.24, 2.45) is 0 Å². The Bertz CT molecular complexity index is 1140. The van der Waals surface area contributed by atoms with Gasteiger partial charge in [-0.2, -0.15) is 4.68 Å². The van der Waals surface area contributed by atoms with E-state index in [0.29, 0.717) is 16.1 Å². The molecule has 0 bridgehead atoms. The van der Waals surface area contributed by atoms with Crippen LogP contribution in [0.15, 0.2) is 24.4 Å². The van der Waals surface area contributed by atoms with Gasteiger partial charge in [0.15, 0.2) is 23.1 Å². The SMILES string of the molecule is Nc1nn2cc(F)c(-n3nnc4ccc(Cl)cc43)nc2c1C(=O)[O-]. The van der Waals surface area contributed by atoms with Gasteiger partial charge in [-0.25, -0.2) is 13.9 Å². The zero-order chi connectivity index (χ0) is 17.0. The van der Waals surface area contributed by atoms with E-state index in [1.54, 1.807) is 12.1 Å². The van der Waals surface area contributed by atoms with E-state index in [1.807, 2.05) is 0 Å². The fraction of sp³-hybridized carbons (Fsp3) is 0. The Kier molecular flexibility index (Phi) is 2.90. The van der Waals surface area contributed by atoms with Gasteiger partial charge in [-0.3, -0.25) is 0 Å². The molecule has 4 rings (SSSR count). The van der Waals surface area contributed by atoms with Crippen molar-refractivity contribution in [1.29, 1.82) is 0 Å². The van der Waals surface area contributed by atoms with Gasteiger partial charge in [0.1, 0.15) is 5.52 Å². The molecule has 0 atom stereocenters. The lowest BCUT2D eigenvalue weighted by Gasteiger charge is -2.05. The molecule has 3 aromatic heterocycles. The molecule has 0 spiro atoms. The zero-order valence-electron chi connectivity index (χ0n) is 11.6. The van der Waals surface area contributed by atoms with Crippen LogP contribution < -0.4 is 10.8 Å². The topological polar surface area (TPSA) is 127 Å². The first-order valence-electron chi connectivity index (χ1n) is 6.53. The lowest BCUT2D eigenvalue weighted by Crippen LogP contribution is -2.23. The van der Waals surface area contributed by atoms with Gasteiger partial charge in [-0.1, -0.05) is 16.8 Å². The Morgan fingerprint density at radius 2 is 2.17 bits per heavy atom. The molecule has 0 unspecified atom stereocenters. The number of nitrogen functional groups attached to an aromatic ring is 1. The number of carbonyl (C=O) groups is 1. The second-order valence-electron chi connectivity index (χ2n) is 4.86. The van der Waals surface area contributed by atoms with Gasteiger partial charge in [0, 0.05) is 5.02 Å². The fourth-order valence-corrected chi connectivity index (χ4v) is 2.52. The Labute approximate surface area is 137 Å². The maximum Gasteiger partial charge on any atom is 0.195 e. The van der Waals surface area contributed by atoms with Crippen molar-refractivity contribution in [3.8, 4) is 5.82 Å². The van der Waals surface area contributed by atoms with Crippen LogP contribution in [0, 0.1) is 5.82 Å². The van der Waals surface area contributed by atoms with E-state index in [0.717, 1.165) is 15.4 Å². The van der Waals surface area contributed by atoms with Crippen molar-refractivity contribution in [3.05, 3.63) is 40.8 Å². The van der Waals surface area contributed by atoms with Gasteiger partial charge >= 0.3 is 0 Å². The van der Waals surface area contributed by atoms with Crippen LogP contribution in [0.2, 0.25) is 5.02 Å². The van der Waals surface area contributed by atoms with Crippen LogP contribution in [0.4, 0.5) is 10.2 Å². The summed E-state index contributed by atoms with van der Waals surface area (Å²) in [5.74, 6) is -2.97. The van der Waals surface area contributed by atoms with E-state index in [4.69, 9.17) is 17.3 Å². The number of hydrogen-bond acceptors (Lipinski definition) is 7. The van der Waals surface area contributed by atoms with Gasteiger partial charge in [0.05, 0.1) is 23.2 Å². The van der Waals surface area contributed by atoms with E-state index in [1.165, 1.54) is 6.07 Å². The number of carbonyl (C=O) groups excluding carboxylic acids is 1. The van der Waals surface area contributed by atoms with E-state index in [9.17, 15) is 14.3 Å². The number of carboxylic acid groups (broad SMARTS) is 1. The lowest BCUT2D eigenvalue weighted by atomic mass is 10.3. The molecular formula is C13H6ClFN7O2-. The van der Waals surface area contributed by atoms with Crippen molar-refractivity contribution in [3.63, 3.8) is 0 Å². The molecule has 0 amide bonds. The van der Waals surface area contributed by atoms with Crippen LogP contribution in [0.1, 0.15) is 10.4 Å². The molecule has 11 heteroatoms. The van der Waals surface area contributed by atoms with Crippen LogP contribution in [0.25, 0.3) is 22.5 Å². The third-order valence-corrected chi connectivity index (χ3v) is 3.62. The lowest BCUT2D eigenvalue weighted by molar-refractivity contribution is -0.254. The Balaban J connectivity index is 2.05. The van der Waals surface area contributed by atoms with E-state index >= 15 is 0 Å². The van der Waals surface area contributed by atoms with Gasteiger partial charge in [-0.15, -0.1) is 10.2 Å². The molecule has 0 saturated heterocycles. The molecule has 0 fully saturated rings. The largest absolute Gasteiger partial charge is 0.545 e. The Morgan fingerprint density at radius 3 is 2.92 bits per heavy atom. The number of aromatic nitrogens is 6. The summed E-state index contributed by atoms with van der Waals surface area (Å²) in [7, 11) is 0. The normalized spacial score (nSPS) is 11.4. The number of halogens is 2. The molecule has 120 valence electrons. The van der Waals surface area contributed by atoms with E-state index in [2.05, 4.69) is 20.4 Å². The molecule has 2 N–H and O–H groups in total. The van der Waals surface area contributed by atoms with Gasteiger partial charge < -0.3 is 15.6 Å². The smallest absolute Gasteiger partial charge is 0.195 e. The molecule has 0 aliphatic heterocycles. The highest BCUT2D eigenvalue weighted by molar-refractivity contribution is 6.31. The number of benzene rings is 1. The third kappa shape index (κ3) is 1.97. The molecule has 0 aliphatic rings. The van der Waals surface area contributed by atoms with Crippen molar-refractivity contribution in [2.45, 2.75) is 0 Å². The molecule has 3 heterocycles. The minimum absolute atomic E-state index is 0.172. The number of fused-ring (bicyclic) bond motifs is 2. The predicted molar refractivity (Wildman–Crippen MR) is 79.1 cm³/mol. The van der Waals surface area contributed by atoms with Crippen molar-refractivity contribution in [2.75, 3.05) is 5.73 Å². The first-order chi connectivity index (χ1) is 11.5. The van der Waals surface area contributed by atoms with Crippen LogP contribution in [0.5, 0.6) is 0 Å². The second-order valence-corrected chi connectivity index (χ2v) is 5.30. The van der Waals surface area contributed by atoms with Gasteiger partial charge in [-0.05, 0) is 18.2 Å². The number of aromatic carboxylic acids is 1. The predicted octanol–water partition coefficient (Wildman–Crippen LogP) is 0.201. The number of nitrogens with zero attached hydrogens (tertiary/aromatic N) is 6. The number of rotatable bonds is 2. The molecule has 0 saturated carbocycles. The maximum absolute atomic E-state index is 14.4. The summed E-state index contributed by atoms with van der Waals surface area (Å²) in [6.07, 6.45) is 0.943. The highest BCUT2D eigenvalue weighted by Gasteiger charge is 2.19. The molecule has 24 heavy (non-hydrogen) atoms. The summed E-state index contributed by atoms with van der Waals surface area (Å²) in [6, 6.07) is 4.76. The van der Waals surface area contributed by atoms with Gasteiger partial charge in [0.25, 0.3) is 0 Å². The average molecular weight is 347 g/mol. The van der Waals surface area contributed by atoms with Crippen LogP contribution in [-0.2, 0) is 0 Å². The number of anilines is 1. The highest BCUT2D eigenvalue weighted by atomic mass is 35.5. The zero-order valence-corrected chi connectivity index (χ0v) is 12.4. The number of carboxylic acids is 1. The minimum Gasteiger partial charge on any atom is -0.545 e. The van der Waals surface area contributed by atoms with Crippen LogP contribution in [-0.4, -0.2) is 35.6 Å². The molecule has 1 aromatic carbocycles. The Hall–Kier alpha value is -3.27. The minimum atomic E-state index is -1.57. The summed E-state index contributed by atoms with van der Waals surface area (Å²) in [6.45, 7) is 0.